The summed E-state index contributed by atoms with van der Waals surface area (Å²) < 4.78 is 15.9. The SMILES string of the molecule is CN=O.COc1ccc(OCc2ccc(COSC)c([N+](=O)[O-])c2)cc1. The number of hydrogen-bond donors (Lipinski definition) is 0. The predicted molar refractivity (Wildman–Crippen MR) is 100 cm³/mol. The Balaban J connectivity index is 0.00000105. The van der Waals surface area contributed by atoms with Gasteiger partial charge in [-0.1, -0.05) is 11.2 Å². The van der Waals surface area contributed by atoms with Crippen LogP contribution >= 0.6 is 12.0 Å². The van der Waals surface area contributed by atoms with Crippen LogP contribution in [0.4, 0.5) is 5.69 Å². The number of methoxy groups -OCH3 is 1. The van der Waals surface area contributed by atoms with Crippen LogP contribution in [0.3, 0.4) is 0 Å². The number of nitroso groups, excluding NO2 is 1. The summed E-state index contributed by atoms with van der Waals surface area (Å²) in [6.07, 6.45) is 1.77. The van der Waals surface area contributed by atoms with E-state index >= 15 is 0 Å². The minimum absolute atomic E-state index is 0.0369. The molecule has 2 aromatic rings. The lowest BCUT2D eigenvalue weighted by Gasteiger charge is -2.08. The Morgan fingerprint density at radius 1 is 1.12 bits per heavy atom. The monoisotopic (exact) mass is 380 g/mol. The molecule has 0 aliphatic rings. The summed E-state index contributed by atoms with van der Waals surface area (Å²) in [5.41, 5.74) is 1.30. The lowest BCUT2D eigenvalue weighted by molar-refractivity contribution is -0.385. The molecular weight excluding hydrogens is 360 g/mol. The van der Waals surface area contributed by atoms with E-state index in [9.17, 15) is 10.1 Å². The fourth-order valence-corrected chi connectivity index (χ4v) is 2.20. The van der Waals surface area contributed by atoms with E-state index in [2.05, 4.69) is 5.18 Å². The summed E-state index contributed by atoms with van der Waals surface area (Å²) in [6.45, 7) is 0.438. The summed E-state index contributed by atoms with van der Waals surface area (Å²) in [5.74, 6) is 1.41. The van der Waals surface area contributed by atoms with Crippen LogP contribution in [-0.2, 0) is 17.4 Å². The Labute approximate surface area is 155 Å². The Kier molecular flexibility index (Phi) is 9.73. The molecule has 2 rings (SSSR count). The molecule has 2 aromatic carbocycles. The average molecular weight is 380 g/mol. The number of hydrogen-bond acceptors (Lipinski definition) is 8. The van der Waals surface area contributed by atoms with Crippen molar-refractivity contribution in [3.63, 3.8) is 0 Å². The molecule has 0 aromatic heterocycles. The van der Waals surface area contributed by atoms with Gasteiger partial charge in [0.15, 0.2) is 0 Å². The lowest BCUT2D eigenvalue weighted by atomic mass is 10.1. The summed E-state index contributed by atoms with van der Waals surface area (Å²) in [6, 6.07) is 12.2. The molecule has 0 spiro atoms. The van der Waals surface area contributed by atoms with Gasteiger partial charge in [-0.3, -0.25) is 10.1 Å². The first-order valence-electron chi connectivity index (χ1n) is 7.45. The first-order valence-corrected chi connectivity index (χ1v) is 8.60. The van der Waals surface area contributed by atoms with Crippen molar-refractivity contribution >= 4 is 17.7 Å². The average Bonchev–Trinajstić information content (AvgIpc) is 2.66. The number of nitro benzene ring substituents is 1. The third kappa shape index (κ3) is 7.08. The van der Waals surface area contributed by atoms with Crippen LogP contribution in [0, 0.1) is 15.0 Å². The molecule has 0 aliphatic carbocycles. The summed E-state index contributed by atoms with van der Waals surface area (Å²) in [5, 5.41) is 13.4. The van der Waals surface area contributed by atoms with Crippen molar-refractivity contribution in [3.05, 3.63) is 68.6 Å². The van der Waals surface area contributed by atoms with Crippen LogP contribution in [0.2, 0.25) is 0 Å². The van der Waals surface area contributed by atoms with Crippen LogP contribution in [0.25, 0.3) is 0 Å². The van der Waals surface area contributed by atoms with Gasteiger partial charge in [0.2, 0.25) is 0 Å². The molecule has 0 saturated heterocycles. The highest BCUT2D eigenvalue weighted by molar-refractivity contribution is 7.93. The molecule has 9 heteroatoms. The van der Waals surface area contributed by atoms with Gasteiger partial charge in [0.05, 0.1) is 31.3 Å². The molecule has 0 fully saturated rings. The van der Waals surface area contributed by atoms with Crippen LogP contribution < -0.4 is 9.47 Å². The lowest BCUT2D eigenvalue weighted by Crippen LogP contribution is -2.00. The van der Waals surface area contributed by atoms with Gasteiger partial charge in [0, 0.05) is 12.3 Å². The maximum absolute atomic E-state index is 11.2. The van der Waals surface area contributed by atoms with Crippen molar-refractivity contribution in [1.29, 1.82) is 0 Å². The zero-order chi connectivity index (χ0) is 19.4. The van der Waals surface area contributed by atoms with Crippen LogP contribution in [0.1, 0.15) is 11.1 Å². The van der Waals surface area contributed by atoms with Crippen molar-refractivity contribution in [2.24, 2.45) is 5.18 Å². The number of rotatable bonds is 8. The second-order valence-electron chi connectivity index (χ2n) is 4.80. The second kappa shape index (κ2) is 11.8. The molecule has 140 valence electrons. The highest BCUT2D eigenvalue weighted by atomic mass is 32.2. The Hall–Kier alpha value is -2.65. The molecule has 0 radical (unpaired) electrons. The Morgan fingerprint density at radius 2 is 1.73 bits per heavy atom. The normalized spacial score (nSPS) is 9.65. The molecule has 0 aliphatic heterocycles. The van der Waals surface area contributed by atoms with E-state index < -0.39 is 4.92 Å². The van der Waals surface area contributed by atoms with Gasteiger partial charge < -0.3 is 13.7 Å². The third-order valence-corrected chi connectivity index (χ3v) is 3.50. The molecule has 0 atom stereocenters. The van der Waals surface area contributed by atoms with E-state index in [1.807, 2.05) is 0 Å². The molecule has 0 unspecified atom stereocenters. The smallest absolute Gasteiger partial charge is 0.275 e. The van der Waals surface area contributed by atoms with E-state index in [0.29, 0.717) is 11.3 Å². The third-order valence-electron chi connectivity index (χ3n) is 3.14. The molecular formula is C17H20N2O6S. The summed E-state index contributed by atoms with van der Waals surface area (Å²) in [7, 11) is 2.79. The Bertz CT molecular complexity index is 709. The highest BCUT2D eigenvalue weighted by Crippen LogP contribution is 2.24. The summed E-state index contributed by atoms with van der Waals surface area (Å²) >= 11 is 1.17. The number of nitrogens with zero attached hydrogens (tertiary/aromatic N) is 2. The number of benzene rings is 2. The van der Waals surface area contributed by atoms with Gasteiger partial charge >= 0.3 is 0 Å². The fraction of sp³-hybridized carbons (Fsp3) is 0.294. The Morgan fingerprint density at radius 3 is 2.27 bits per heavy atom. The first kappa shape index (κ1) is 21.4. The van der Waals surface area contributed by atoms with Gasteiger partial charge in [0.1, 0.15) is 18.1 Å². The zero-order valence-electron chi connectivity index (χ0n) is 14.7. The minimum Gasteiger partial charge on any atom is -0.497 e. The number of nitro groups is 1. The van der Waals surface area contributed by atoms with Gasteiger partial charge in [-0.2, -0.15) is 4.91 Å². The van der Waals surface area contributed by atoms with E-state index in [1.54, 1.807) is 49.8 Å². The van der Waals surface area contributed by atoms with Crippen molar-refractivity contribution in [3.8, 4) is 11.5 Å². The van der Waals surface area contributed by atoms with E-state index in [-0.39, 0.29) is 18.9 Å². The molecule has 0 amide bonds. The van der Waals surface area contributed by atoms with E-state index in [4.69, 9.17) is 18.6 Å². The van der Waals surface area contributed by atoms with E-state index in [0.717, 1.165) is 11.3 Å². The van der Waals surface area contributed by atoms with Gasteiger partial charge in [0.25, 0.3) is 5.69 Å². The number of ether oxygens (including phenoxy) is 2. The highest BCUT2D eigenvalue weighted by Gasteiger charge is 2.15. The van der Waals surface area contributed by atoms with Crippen LogP contribution in [-0.4, -0.2) is 25.3 Å². The molecule has 0 N–H and O–H groups in total. The van der Waals surface area contributed by atoms with Gasteiger partial charge in [-0.25, -0.2) is 0 Å². The quantitative estimate of drug-likeness (QED) is 0.290. The molecule has 26 heavy (non-hydrogen) atoms. The topological polar surface area (TPSA) is 100 Å². The largest absolute Gasteiger partial charge is 0.497 e. The van der Waals surface area contributed by atoms with Crippen molar-refractivity contribution in [2.75, 3.05) is 20.4 Å². The first-order chi connectivity index (χ1) is 12.5. The van der Waals surface area contributed by atoms with Crippen molar-refractivity contribution < 1.29 is 18.6 Å². The van der Waals surface area contributed by atoms with Crippen molar-refractivity contribution in [1.82, 2.24) is 0 Å². The molecule has 0 saturated carbocycles. The second-order valence-corrected chi connectivity index (χ2v) is 5.36. The maximum Gasteiger partial charge on any atom is 0.275 e. The fourth-order valence-electron chi connectivity index (χ4n) is 1.95. The molecule has 8 nitrogen and oxygen atoms in total. The van der Waals surface area contributed by atoms with Gasteiger partial charge in [-0.15, -0.1) is 0 Å². The summed E-state index contributed by atoms with van der Waals surface area (Å²) in [4.78, 5) is 19.3. The van der Waals surface area contributed by atoms with Crippen molar-refractivity contribution in [2.45, 2.75) is 13.2 Å². The molecule has 0 bridgehead atoms. The minimum atomic E-state index is -0.407. The zero-order valence-corrected chi connectivity index (χ0v) is 15.5. The van der Waals surface area contributed by atoms with Gasteiger partial charge in [-0.05, 0) is 47.9 Å². The maximum atomic E-state index is 11.2. The standard InChI is InChI=1S/C16H17NO5S.CH3NO/c1-20-14-5-7-15(8-6-14)21-10-12-3-4-13(11-22-23-2)16(9-12)17(18)19;1-2-3/h3-9H,10-11H2,1-2H3;1H3. The van der Waals surface area contributed by atoms with Crippen LogP contribution in [0.5, 0.6) is 11.5 Å². The predicted octanol–water partition coefficient (Wildman–Crippen LogP) is 4.36. The molecule has 0 heterocycles. The van der Waals surface area contributed by atoms with E-state index in [1.165, 1.54) is 25.2 Å². The van der Waals surface area contributed by atoms with Crippen LogP contribution in [0.15, 0.2) is 47.6 Å².